The average Bonchev–Trinajstić information content (AvgIpc) is 1.54. The van der Waals surface area contributed by atoms with E-state index in [-0.39, 0.29) is 137 Å². The molecule has 0 unspecified atom stereocenters. The van der Waals surface area contributed by atoms with Crippen molar-refractivity contribution in [1.29, 1.82) is 0 Å². The molecule has 0 amide bonds. The molecule has 0 atom stereocenters. The Bertz CT molecular complexity index is 10000. The van der Waals surface area contributed by atoms with Gasteiger partial charge in [-0.15, -0.1) is 0 Å². The molecule has 3 aromatic heterocycles. The maximum absolute atomic E-state index is 9.29. The number of hydrogen-bond donors (Lipinski definition) is 0. The molecule has 0 saturated carbocycles. The first-order valence-electron chi connectivity index (χ1n) is 50.9. The van der Waals surface area contributed by atoms with Crippen LogP contribution in [0.15, 0.2) is 437 Å². The van der Waals surface area contributed by atoms with Crippen molar-refractivity contribution < 1.29 is 46.1 Å². The van der Waals surface area contributed by atoms with Crippen LogP contribution >= 0.6 is 0 Å². The Kier molecular flexibility index (Phi) is 11.1. The van der Waals surface area contributed by atoms with Gasteiger partial charge in [-0.1, -0.05) is 345 Å². The summed E-state index contributed by atoms with van der Waals surface area (Å²) in [5, 5.41) is 16.9. The lowest BCUT2D eigenvalue weighted by atomic mass is 9.84. The predicted molar refractivity (Wildman–Crippen MR) is 506 cm³/mol. The van der Waals surface area contributed by atoms with Gasteiger partial charge >= 0.3 is 0 Å². The smallest absolute Gasteiger partial charge is 0.136 e. The van der Waals surface area contributed by atoms with Crippen LogP contribution in [-0.2, 0) is 0 Å². The molecular weight excluding hydrogens is 1440 g/mol. The highest BCUT2D eigenvalue weighted by Gasteiger charge is 2.24. The minimum atomic E-state index is -0.427. The molecule has 0 saturated heterocycles. The van der Waals surface area contributed by atoms with Crippen LogP contribution in [0.5, 0.6) is 0 Å². The second-order valence-corrected chi connectivity index (χ2v) is 29.7. The molecule has 0 aliphatic heterocycles. The summed E-state index contributed by atoms with van der Waals surface area (Å²) >= 11 is 0. The zero-order valence-electron chi connectivity index (χ0n) is 86.8. The Morgan fingerprint density at radius 2 is 0.395 bits per heavy atom. The van der Waals surface area contributed by atoms with E-state index >= 15 is 0 Å². The molecule has 552 valence electrons. The second-order valence-electron chi connectivity index (χ2n) is 29.7. The van der Waals surface area contributed by atoms with Gasteiger partial charge in [-0.05, 0) is 264 Å². The maximum Gasteiger partial charge on any atom is 0.136 e. The van der Waals surface area contributed by atoms with E-state index in [1.54, 1.807) is 48.5 Å². The van der Waals surface area contributed by atoms with Crippen LogP contribution in [0.3, 0.4) is 0 Å². The van der Waals surface area contributed by atoms with Crippen LogP contribution in [0.25, 0.3) is 251 Å². The molecule has 0 spiro atoms. The fourth-order valence-electron chi connectivity index (χ4n) is 17.8. The summed E-state index contributed by atoms with van der Waals surface area (Å²) in [4.78, 5) is 0. The molecule has 0 bridgehead atoms. The highest BCUT2D eigenvalue weighted by atomic mass is 16.3. The number of furan rings is 3. The normalized spacial score (nSPS) is 14.7. The minimum Gasteiger partial charge on any atom is -0.456 e. The van der Waals surface area contributed by atoms with Crippen molar-refractivity contribution >= 4 is 184 Å². The monoisotopic (exact) mass is 1530 g/mol. The molecule has 119 heavy (non-hydrogen) atoms. The molecule has 3 heteroatoms. The van der Waals surface area contributed by atoms with Gasteiger partial charge in [0.2, 0.25) is 0 Å². The third kappa shape index (κ3) is 11.2. The molecule has 0 aliphatic rings. The lowest BCUT2D eigenvalue weighted by Gasteiger charge is -2.18. The van der Waals surface area contributed by atoms with Crippen LogP contribution < -0.4 is 0 Å². The van der Waals surface area contributed by atoms with Crippen molar-refractivity contribution in [2.45, 2.75) is 0 Å². The summed E-state index contributed by atoms with van der Waals surface area (Å²) < 4.78 is 233. The van der Waals surface area contributed by atoms with Crippen molar-refractivity contribution in [2.24, 2.45) is 0 Å². The fourth-order valence-corrected chi connectivity index (χ4v) is 17.8. The molecular formula is C116H70O3. The molecule has 26 aromatic rings. The molecule has 23 aromatic carbocycles. The van der Waals surface area contributed by atoms with E-state index in [0.29, 0.717) is 100 Å². The summed E-state index contributed by atoms with van der Waals surface area (Å²) in [6.45, 7) is 0. The molecule has 3 heterocycles. The average molecular weight is 1540 g/mol. The van der Waals surface area contributed by atoms with Crippen LogP contribution in [0, 0.1) is 0 Å². The van der Waals surface area contributed by atoms with Crippen molar-refractivity contribution in [3.63, 3.8) is 0 Å². The number of benzene rings is 23. The van der Waals surface area contributed by atoms with Crippen molar-refractivity contribution in [2.75, 3.05) is 0 Å². The predicted octanol–water partition coefficient (Wildman–Crippen LogP) is 33.4. The maximum atomic E-state index is 9.29. The lowest BCUT2D eigenvalue weighted by Crippen LogP contribution is -1.91. The van der Waals surface area contributed by atoms with Crippen molar-refractivity contribution in [3.8, 4) is 66.8 Å². The summed E-state index contributed by atoms with van der Waals surface area (Å²) in [6, 6.07) is 79.7. The largest absolute Gasteiger partial charge is 0.456 e. The summed E-state index contributed by atoms with van der Waals surface area (Å²) in [7, 11) is 0. The lowest BCUT2D eigenvalue weighted by molar-refractivity contribution is 0.669. The van der Waals surface area contributed by atoms with Gasteiger partial charge in [0.1, 0.15) is 33.5 Å². The van der Waals surface area contributed by atoms with E-state index in [2.05, 4.69) is 12.1 Å². The summed E-state index contributed by atoms with van der Waals surface area (Å²) in [5.41, 5.74) is 9.29. The number of fused-ring (bicyclic) bond motifs is 20. The SMILES string of the molecule is [2H]c1c([2H])c([2H])c2c(-c3ccc4oc5cc6ccccc6cc5c4c3)c3c([2H])c([2H])c([2H])c([2H])c3c(-c3ccc4ccccc4c3)c2c1[2H].[2H]c1c([2H])c([2H])c2c(-c3ccc4oc5cc6ccccc6cc5c4c3)c3c([2H])c([2H])c([2H])c([2H])c3c(-c3ccccc3)c2c1[2H].[2H]c1c([2H])c([2H])c2c(-c3cccc4ccccc34)c3c([2H])c([2H])c([2H])c([2H])c3c(-c3ccc4oc5cc6ccccc6cc5c4c3)c2c1[2H]. The first-order valence-corrected chi connectivity index (χ1v) is 38.9. The highest BCUT2D eigenvalue weighted by Crippen LogP contribution is 2.51. The van der Waals surface area contributed by atoms with Gasteiger partial charge in [-0.25, -0.2) is 0 Å². The fraction of sp³-hybridized carbons (Fsp3) is 0. The molecule has 0 N–H and O–H groups in total. The van der Waals surface area contributed by atoms with Gasteiger partial charge in [0.05, 0.1) is 32.9 Å². The zero-order chi connectivity index (χ0) is 99.1. The van der Waals surface area contributed by atoms with Crippen molar-refractivity contribution in [1.82, 2.24) is 0 Å². The van der Waals surface area contributed by atoms with Crippen LogP contribution in [-0.4, -0.2) is 0 Å². The van der Waals surface area contributed by atoms with Gasteiger partial charge in [-0.2, -0.15) is 0 Å². The molecule has 0 fully saturated rings. The van der Waals surface area contributed by atoms with E-state index in [1.165, 1.54) is 0 Å². The van der Waals surface area contributed by atoms with Gasteiger partial charge in [0, 0.05) is 32.3 Å². The van der Waals surface area contributed by atoms with Gasteiger partial charge in [-0.3, -0.25) is 0 Å². The van der Waals surface area contributed by atoms with Crippen LogP contribution in [0.4, 0.5) is 0 Å². The third-order valence-electron chi connectivity index (χ3n) is 23.2. The number of rotatable bonds is 6. The zero-order valence-corrected chi connectivity index (χ0v) is 62.8. The van der Waals surface area contributed by atoms with Crippen LogP contribution in [0.1, 0.15) is 32.9 Å². The Hall–Kier alpha value is -15.7. The standard InChI is InChI=1S/2C40H24O.C36H22O/c1-2-12-27-24-38-36(22-26(27)11-1)35-23-28(20-21-37(35)41-38)39-31-15-5-7-17-33(31)40(34-18-8-6-16-32(34)39)30-19-9-13-25-10-3-4-14-29(25)30;1-2-10-26-21-29(18-17-25(26)9-1)39-31-13-5-7-15-33(31)40(34-16-8-6-14-32(34)39)30-19-20-37-35(23-30)36-22-27-11-3-4-12-28(27)24-38(36)41-37;1-2-10-23(11-3-1)35-27-14-6-8-16-29(27)36(30-17-9-7-15-28(30)35)26-18-19-33-31(21-26)32-20-24-12-4-5-13-25(24)22-34(32)37-33/h2*1-24H;1-22H/i5D,6D,7D,8D,15D,16D,17D,18D;5D,6D,7D,8D,13D,14D,15D,16D;6D,7D,8D,9D,14D,15D,16D,17D. The van der Waals surface area contributed by atoms with E-state index < -0.39 is 72.5 Å². The van der Waals surface area contributed by atoms with E-state index in [9.17, 15) is 11.0 Å². The number of hydrogen-bond acceptors (Lipinski definition) is 3. The molecule has 26 rings (SSSR count). The first kappa shape index (κ1) is 47.9. The van der Waals surface area contributed by atoms with Gasteiger partial charge < -0.3 is 13.3 Å². The third-order valence-corrected chi connectivity index (χ3v) is 23.2. The van der Waals surface area contributed by atoms with E-state index in [1.807, 2.05) is 218 Å². The quantitative estimate of drug-likeness (QED) is 0.156. The van der Waals surface area contributed by atoms with E-state index in [4.69, 9.17) is 35.2 Å². The Morgan fingerprint density at radius 1 is 0.143 bits per heavy atom. The topological polar surface area (TPSA) is 39.4 Å². The Morgan fingerprint density at radius 3 is 0.748 bits per heavy atom. The molecule has 3 nitrogen and oxygen atoms in total. The highest BCUT2D eigenvalue weighted by molar-refractivity contribution is 6.27. The molecule has 0 radical (unpaired) electrons. The van der Waals surface area contributed by atoms with Gasteiger partial charge in [0.15, 0.2) is 0 Å². The van der Waals surface area contributed by atoms with Gasteiger partial charge in [0.25, 0.3) is 0 Å². The van der Waals surface area contributed by atoms with Crippen LogP contribution in [0.2, 0.25) is 0 Å². The van der Waals surface area contributed by atoms with Crippen molar-refractivity contribution in [3.05, 3.63) is 424 Å². The minimum absolute atomic E-state index is 0.184. The Labute approximate surface area is 718 Å². The van der Waals surface area contributed by atoms with E-state index in [0.717, 1.165) is 86.2 Å². The summed E-state index contributed by atoms with van der Waals surface area (Å²) in [6.07, 6.45) is 0. The molecule has 0 aliphatic carbocycles. The summed E-state index contributed by atoms with van der Waals surface area (Å²) in [5.74, 6) is 0. The Balaban J connectivity index is 0.000000116. The second kappa shape index (κ2) is 27.5. The first-order chi connectivity index (χ1) is 69.0.